The summed E-state index contributed by atoms with van der Waals surface area (Å²) in [6.45, 7) is 7.98. The van der Waals surface area contributed by atoms with E-state index in [1.807, 2.05) is 4.90 Å². The van der Waals surface area contributed by atoms with Crippen molar-refractivity contribution in [3.63, 3.8) is 0 Å². The number of aromatic nitrogens is 1. The summed E-state index contributed by atoms with van der Waals surface area (Å²) in [4.78, 5) is 13.0. The van der Waals surface area contributed by atoms with Crippen LogP contribution < -0.4 is 15.5 Å². The molecule has 2 aromatic rings. The quantitative estimate of drug-likeness (QED) is 0.318. The van der Waals surface area contributed by atoms with Gasteiger partial charge in [-0.05, 0) is 36.6 Å². The monoisotopic (exact) mass is 568 g/mol. The van der Waals surface area contributed by atoms with Gasteiger partial charge in [0.05, 0.1) is 12.7 Å². The van der Waals surface area contributed by atoms with Crippen LogP contribution >= 0.6 is 24.0 Å². The van der Waals surface area contributed by atoms with E-state index < -0.39 is 0 Å². The molecule has 1 aromatic carbocycles. The first-order chi connectivity index (χ1) is 15.6. The van der Waals surface area contributed by atoms with Gasteiger partial charge in [-0.3, -0.25) is 9.89 Å². The Balaban J connectivity index is 0.00000306. The molecule has 2 atom stereocenters. The van der Waals surface area contributed by atoms with E-state index in [4.69, 9.17) is 4.74 Å². The molecule has 2 aliphatic rings. The first kappa shape index (κ1) is 25.6. The van der Waals surface area contributed by atoms with E-state index in [-0.39, 0.29) is 35.8 Å². The zero-order valence-electron chi connectivity index (χ0n) is 19.3. The highest BCUT2D eigenvalue weighted by Crippen LogP contribution is 2.20. The molecule has 2 aliphatic heterocycles. The van der Waals surface area contributed by atoms with Gasteiger partial charge in [0.2, 0.25) is 0 Å². The van der Waals surface area contributed by atoms with Crippen LogP contribution in [-0.4, -0.2) is 67.8 Å². The maximum absolute atomic E-state index is 14.0. The number of rotatable bonds is 6. The second kappa shape index (κ2) is 12.5. The molecule has 3 heterocycles. The van der Waals surface area contributed by atoms with Gasteiger partial charge in [0.1, 0.15) is 0 Å². The Labute approximate surface area is 212 Å². The number of anilines is 1. The molecule has 4 rings (SSSR count). The van der Waals surface area contributed by atoms with Crippen LogP contribution in [0.4, 0.5) is 10.2 Å². The van der Waals surface area contributed by atoms with Crippen LogP contribution in [0.25, 0.3) is 0 Å². The summed E-state index contributed by atoms with van der Waals surface area (Å²) in [7, 11) is 1.77. The highest BCUT2D eigenvalue weighted by atomic mass is 127. The Hall–Kier alpha value is -1.98. The predicted molar refractivity (Wildman–Crippen MR) is 141 cm³/mol. The molecule has 2 N–H and O–H groups in total. The number of hydrogen-bond acceptors (Lipinski definition) is 5. The van der Waals surface area contributed by atoms with Crippen LogP contribution in [0.1, 0.15) is 24.5 Å². The Morgan fingerprint density at radius 1 is 1.21 bits per heavy atom. The average molecular weight is 568 g/mol. The summed E-state index contributed by atoms with van der Waals surface area (Å²) in [6.07, 6.45) is 2.83. The Morgan fingerprint density at radius 2 is 2.06 bits per heavy atom. The molecule has 0 spiro atoms. The summed E-state index contributed by atoms with van der Waals surface area (Å²) < 4.78 is 19.7. The van der Waals surface area contributed by atoms with Crippen molar-refractivity contribution >= 4 is 35.8 Å². The van der Waals surface area contributed by atoms with Crippen LogP contribution in [0.15, 0.2) is 47.6 Å². The molecule has 7 nitrogen and oxygen atoms in total. The number of guanidine groups is 1. The summed E-state index contributed by atoms with van der Waals surface area (Å²) in [5.41, 5.74) is 2.53. The molecule has 0 bridgehead atoms. The van der Waals surface area contributed by atoms with Gasteiger partial charge >= 0.3 is 0 Å². The van der Waals surface area contributed by atoms with Crippen molar-refractivity contribution in [2.24, 2.45) is 4.99 Å². The molecule has 2 unspecified atom stereocenters. The van der Waals surface area contributed by atoms with E-state index in [0.717, 1.165) is 45.2 Å². The lowest BCUT2D eigenvalue weighted by Gasteiger charge is -2.31. The number of aliphatic imine (C=N–C) groups is 1. The SMILES string of the molecule is CN=C(NCc1cccc(CN2CCOC(C)C2)c1)NC1CCN(c2ncccc2F)C1.I. The second-order valence-electron chi connectivity index (χ2n) is 8.55. The molecule has 0 saturated carbocycles. The third-order valence-corrected chi connectivity index (χ3v) is 5.97. The van der Waals surface area contributed by atoms with Gasteiger partial charge in [-0.15, -0.1) is 24.0 Å². The van der Waals surface area contributed by atoms with Gasteiger partial charge in [-0.25, -0.2) is 9.37 Å². The number of pyridine rings is 1. The fraction of sp³-hybridized carbons (Fsp3) is 0.500. The van der Waals surface area contributed by atoms with Crippen molar-refractivity contribution in [2.75, 3.05) is 44.7 Å². The van der Waals surface area contributed by atoms with E-state index in [1.165, 1.54) is 17.2 Å². The maximum Gasteiger partial charge on any atom is 0.191 e. The second-order valence-corrected chi connectivity index (χ2v) is 8.55. The Kier molecular flexibility index (Phi) is 9.69. The van der Waals surface area contributed by atoms with Crippen LogP contribution in [0.2, 0.25) is 0 Å². The number of ether oxygens (including phenoxy) is 1. The zero-order chi connectivity index (χ0) is 22.3. The van der Waals surface area contributed by atoms with Crippen molar-refractivity contribution in [3.8, 4) is 0 Å². The van der Waals surface area contributed by atoms with E-state index in [2.05, 4.69) is 56.7 Å². The summed E-state index contributed by atoms with van der Waals surface area (Å²) in [5.74, 6) is 0.902. The number of morpholine rings is 1. The van der Waals surface area contributed by atoms with Crippen molar-refractivity contribution < 1.29 is 9.13 Å². The number of halogens is 2. The van der Waals surface area contributed by atoms with Gasteiger partial charge in [0.15, 0.2) is 17.6 Å². The number of nitrogens with zero attached hydrogens (tertiary/aromatic N) is 4. The summed E-state index contributed by atoms with van der Waals surface area (Å²) >= 11 is 0. The smallest absolute Gasteiger partial charge is 0.191 e. The van der Waals surface area contributed by atoms with Crippen molar-refractivity contribution in [3.05, 3.63) is 59.5 Å². The molecule has 0 radical (unpaired) electrons. The minimum absolute atomic E-state index is 0. The molecule has 0 amide bonds. The largest absolute Gasteiger partial charge is 0.376 e. The lowest BCUT2D eigenvalue weighted by Crippen LogP contribution is -2.44. The third-order valence-electron chi connectivity index (χ3n) is 5.97. The molecule has 9 heteroatoms. The topological polar surface area (TPSA) is 65.0 Å². The van der Waals surface area contributed by atoms with E-state index in [1.54, 1.807) is 19.3 Å². The molecular weight excluding hydrogens is 534 g/mol. The molecule has 2 saturated heterocycles. The summed E-state index contributed by atoms with van der Waals surface area (Å²) in [5, 5.41) is 6.88. The fourth-order valence-electron chi connectivity index (χ4n) is 4.38. The first-order valence-electron chi connectivity index (χ1n) is 11.3. The number of hydrogen-bond donors (Lipinski definition) is 2. The van der Waals surface area contributed by atoms with Crippen LogP contribution in [0.5, 0.6) is 0 Å². The highest BCUT2D eigenvalue weighted by Gasteiger charge is 2.26. The normalized spacial score (nSPS) is 21.5. The van der Waals surface area contributed by atoms with Crippen LogP contribution in [-0.2, 0) is 17.8 Å². The van der Waals surface area contributed by atoms with Gasteiger partial charge in [0.25, 0.3) is 0 Å². The molecule has 0 aliphatic carbocycles. The van der Waals surface area contributed by atoms with Crippen LogP contribution in [0.3, 0.4) is 0 Å². The highest BCUT2D eigenvalue weighted by molar-refractivity contribution is 14.0. The van der Waals surface area contributed by atoms with Gasteiger partial charge in [0, 0.05) is 58.6 Å². The van der Waals surface area contributed by atoms with E-state index >= 15 is 0 Å². The standard InChI is InChI=1S/C24H33FN6O.HI/c1-18-15-30(11-12-32-18)16-20-6-3-5-19(13-20)14-28-24(26-2)29-21-8-10-31(17-21)23-22(25)7-4-9-27-23;/h3-7,9,13,18,21H,8,10-12,14-17H2,1-2H3,(H2,26,28,29);1H. The molecule has 180 valence electrons. The average Bonchev–Trinajstić information content (AvgIpc) is 3.25. The molecule has 2 fully saturated rings. The minimum atomic E-state index is -0.276. The first-order valence-corrected chi connectivity index (χ1v) is 11.3. The number of nitrogens with one attached hydrogen (secondary N) is 2. The van der Waals surface area contributed by atoms with Gasteiger partial charge < -0.3 is 20.3 Å². The molecule has 33 heavy (non-hydrogen) atoms. The van der Waals surface area contributed by atoms with Crippen molar-refractivity contribution in [2.45, 2.75) is 38.6 Å². The van der Waals surface area contributed by atoms with Crippen molar-refractivity contribution in [1.82, 2.24) is 20.5 Å². The lowest BCUT2D eigenvalue weighted by atomic mass is 10.1. The van der Waals surface area contributed by atoms with E-state index in [0.29, 0.717) is 25.0 Å². The fourth-order valence-corrected chi connectivity index (χ4v) is 4.38. The Morgan fingerprint density at radius 3 is 2.85 bits per heavy atom. The van der Waals surface area contributed by atoms with Gasteiger partial charge in [-0.2, -0.15) is 0 Å². The maximum atomic E-state index is 14.0. The van der Waals surface area contributed by atoms with Crippen LogP contribution in [0, 0.1) is 5.82 Å². The van der Waals surface area contributed by atoms with Crippen molar-refractivity contribution in [1.29, 1.82) is 0 Å². The Bertz CT molecular complexity index is 929. The van der Waals surface area contributed by atoms with Gasteiger partial charge in [-0.1, -0.05) is 24.3 Å². The van der Waals surface area contributed by atoms with E-state index in [9.17, 15) is 4.39 Å². The zero-order valence-corrected chi connectivity index (χ0v) is 21.7. The summed E-state index contributed by atoms with van der Waals surface area (Å²) in [6, 6.07) is 11.9. The minimum Gasteiger partial charge on any atom is -0.376 e. The predicted octanol–water partition coefficient (Wildman–Crippen LogP) is 3.00. The number of benzene rings is 1. The lowest BCUT2D eigenvalue weighted by molar-refractivity contribution is -0.0212. The third kappa shape index (κ3) is 7.25. The molecule has 1 aromatic heterocycles. The molecular formula is C24H34FIN6O.